The molecule has 0 saturated heterocycles. The Balaban J connectivity index is 4.31. The molecule has 2 unspecified atom stereocenters. The monoisotopic (exact) mass is 254 g/mol. The van der Waals surface area contributed by atoms with Crippen LogP contribution in [0.3, 0.4) is 0 Å². The lowest BCUT2D eigenvalue weighted by atomic mass is 9.86. The molecule has 2 atom stereocenters. The van der Waals surface area contributed by atoms with Crippen LogP contribution in [0.25, 0.3) is 0 Å². The van der Waals surface area contributed by atoms with Crippen molar-refractivity contribution in [3.8, 4) is 0 Å². The molecule has 0 aromatic carbocycles. The third-order valence-corrected chi connectivity index (χ3v) is 4.33. The maximum absolute atomic E-state index is 2.39. The van der Waals surface area contributed by atoms with E-state index in [4.69, 9.17) is 0 Å². The third-order valence-electron chi connectivity index (χ3n) is 3.27. The van der Waals surface area contributed by atoms with Gasteiger partial charge in [-0.05, 0) is 38.4 Å². The Morgan fingerprint density at radius 3 is 2.29 bits per heavy atom. The van der Waals surface area contributed by atoms with Gasteiger partial charge in [0.1, 0.15) is 0 Å². The highest BCUT2D eigenvalue weighted by Gasteiger charge is 2.14. The lowest BCUT2D eigenvalue weighted by Crippen LogP contribution is -2.09. The standard InChI is InChI=1S/C16H30S/c1-7-11-16(5,8-2)12-9-10-15(17-6)13-14(3)4/h7,9,11-12,14-15H,8,10,13H2,1-6H3/b11-7-,12-9-. The lowest BCUT2D eigenvalue weighted by molar-refractivity contribution is 0.525. The van der Waals surface area contributed by atoms with Gasteiger partial charge in [-0.15, -0.1) is 0 Å². The maximum atomic E-state index is 2.39. The summed E-state index contributed by atoms with van der Waals surface area (Å²) in [6.45, 7) is 11.3. The molecule has 0 heterocycles. The zero-order valence-corrected chi connectivity index (χ0v) is 13.3. The minimum absolute atomic E-state index is 0.246. The molecule has 0 saturated carbocycles. The van der Waals surface area contributed by atoms with Crippen LogP contribution >= 0.6 is 11.8 Å². The van der Waals surface area contributed by atoms with Crippen molar-refractivity contribution in [2.75, 3.05) is 6.26 Å². The molecule has 0 N–H and O–H groups in total. The molecule has 100 valence electrons. The Bertz CT molecular complexity index is 240. The molecule has 0 amide bonds. The van der Waals surface area contributed by atoms with Crippen molar-refractivity contribution < 1.29 is 0 Å². The van der Waals surface area contributed by atoms with Gasteiger partial charge in [-0.3, -0.25) is 0 Å². The smallest absolute Gasteiger partial charge is 0.00812 e. The highest BCUT2D eigenvalue weighted by atomic mass is 32.2. The summed E-state index contributed by atoms with van der Waals surface area (Å²) in [5, 5.41) is 0.776. The van der Waals surface area contributed by atoms with Crippen LogP contribution in [0.4, 0.5) is 0 Å². The Kier molecular flexibility index (Phi) is 8.77. The molecule has 0 nitrogen and oxygen atoms in total. The van der Waals surface area contributed by atoms with E-state index in [0.717, 1.165) is 11.2 Å². The normalized spacial score (nSPS) is 18.1. The molecule has 1 heteroatoms. The van der Waals surface area contributed by atoms with Gasteiger partial charge in [0.15, 0.2) is 0 Å². The van der Waals surface area contributed by atoms with Crippen molar-refractivity contribution >= 4 is 11.8 Å². The van der Waals surface area contributed by atoms with Crippen molar-refractivity contribution in [2.45, 2.75) is 59.1 Å². The summed E-state index contributed by atoms with van der Waals surface area (Å²) in [4.78, 5) is 0. The first-order valence-corrected chi connectivity index (χ1v) is 8.10. The van der Waals surface area contributed by atoms with Gasteiger partial charge in [-0.2, -0.15) is 11.8 Å². The maximum Gasteiger partial charge on any atom is 0.00812 e. The summed E-state index contributed by atoms with van der Waals surface area (Å²) < 4.78 is 0. The van der Waals surface area contributed by atoms with E-state index in [1.807, 2.05) is 11.8 Å². The van der Waals surface area contributed by atoms with Crippen molar-refractivity contribution in [3.05, 3.63) is 24.3 Å². The second kappa shape index (κ2) is 8.85. The van der Waals surface area contributed by atoms with Crippen molar-refractivity contribution in [3.63, 3.8) is 0 Å². The van der Waals surface area contributed by atoms with Crippen molar-refractivity contribution in [2.24, 2.45) is 11.3 Å². The van der Waals surface area contributed by atoms with Crippen LogP contribution in [-0.4, -0.2) is 11.5 Å². The largest absolute Gasteiger partial charge is 0.162 e. The summed E-state index contributed by atoms with van der Waals surface area (Å²) in [6, 6.07) is 0. The van der Waals surface area contributed by atoms with Gasteiger partial charge in [0.05, 0.1) is 0 Å². The quantitative estimate of drug-likeness (QED) is 0.500. The van der Waals surface area contributed by atoms with Gasteiger partial charge < -0.3 is 0 Å². The summed E-state index contributed by atoms with van der Waals surface area (Å²) in [5.41, 5.74) is 0.246. The fourth-order valence-electron chi connectivity index (χ4n) is 1.98. The number of allylic oxidation sites excluding steroid dienone is 4. The van der Waals surface area contributed by atoms with Crippen molar-refractivity contribution in [1.29, 1.82) is 0 Å². The van der Waals surface area contributed by atoms with E-state index in [1.165, 1.54) is 19.3 Å². The van der Waals surface area contributed by atoms with E-state index in [0.29, 0.717) is 0 Å². The molecular formula is C16H30S. The average Bonchev–Trinajstić information content (AvgIpc) is 2.27. The van der Waals surface area contributed by atoms with Crippen LogP contribution in [0, 0.1) is 11.3 Å². The summed E-state index contributed by atoms with van der Waals surface area (Å²) >= 11 is 2.00. The molecule has 0 aliphatic rings. The Hall–Kier alpha value is -0.170. The van der Waals surface area contributed by atoms with E-state index in [-0.39, 0.29) is 5.41 Å². The average molecular weight is 254 g/mol. The van der Waals surface area contributed by atoms with E-state index in [9.17, 15) is 0 Å². The summed E-state index contributed by atoms with van der Waals surface area (Å²) in [6.07, 6.45) is 15.1. The van der Waals surface area contributed by atoms with E-state index < -0.39 is 0 Å². The Labute approximate surface area is 113 Å². The molecule has 17 heavy (non-hydrogen) atoms. The first-order chi connectivity index (χ1) is 7.97. The van der Waals surface area contributed by atoms with Crippen LogP contribution in [0.2, 0.25) is 0 Å². The van der Waals surface area contributed by atoms with Crippen molar-refractivity contribution in [1.82, 2.24) is 0 Å². The second-order valence-electron chi connectivity index (χ2n) is 5.48. The van der Waals surface area contributed by atoms with E-state index in [1.54, 1.807) is 0 Å². The highest BCUT2D eigenvalue weighted by molar-refractivity contribution is 7.99. The zero-order valence-electron chi connectivity index (χ0n) is 12.5. The minimum Gasteiger partial charge on any atom is -0.162 e. The zero-order chi connectivity index (χ0) is 13.3. The van der Waals surface area contributed by atoms with E-state index >= 15 is 0 Å². The van der Waals surface area contributed by atoms with Gasteiger partial charge in [0, 0.05) is 10.7 Å². The molecule has 0 aromatic heterocycles. The highest BCUT2D eigenvalue weighted by Crippen LogP contribution is 2.26. The van der Waals surface area contributed by atoms with Crippen LogP contribution < -0.4 is 0 Å². The number of hydrogen-bond donors (Lipinski definition) is 0. The molecular weight excluding hydrogens is 224 g/mol. The van der Waals surface area contributed by atoms with E-state index in [2.05, 4.69) is 65.2 Å². The van der Waals surface area contributed by atoms with Gasteiger partial charge in [0.2, 0.25) is 0 Å². The van der Waals surface area contributed by atoms with Gasteiger partial charge >= 0.3 is 0 Å². The van der Waals surface area contributed by atoms with Gasteiger partial charge in [0.25, 0.3) is 0 Å². The second-order valence-corrected chi connectivity index (χ2v) is 6.62. The summed E-state index contributed by atoms with van der Waals surface area (Å²) in [5.74, 6) is 0.800. The third kappa shape index (κ3) is 7.70. The molecule has 0 aliphatic heterocycles. The predicted molar refractivity (Wildman–Crippen MR) is 83.7 cm³/mol. The fourth-order valence-corrected chi connectivity index (χ4v) is 2.86. The first-order valence-electron chi connectivity index (χ1n) is 6.81. The molecule has 0 rings (SSSR count). The first kappa shape index (κ1) is 16.8. The van der Waals surface area contributed by atoms with Crippen LogP contribution in [0.15, 0.2) is 24.3 Å². The number of rotatable bonds is 8. The minimum atomic E-state index is 0.246. The Morgan fingerprint density at radius 2 is 1.88 bits per heavy atom. The molecule has 0 spiro atoms. The summed E-state index contributed by atoms with van der Waals surface area (Å²) in [7, 11) is 0. The molecule has 0 aliphatic carbocycles. The number of thioether (sulfide) groups is 1. The van der Waals surface area contributed by atoms with Crippen LogP contribution in [0.1, 0.15) is 53.9 Å². The van der Waals surface area contributed by atoms with Gasteiger partial charge in [-0.25, -0.2) is 0 Å². The molecule has 0 fully saturated rings. The molecule has 0 radical (unpaired) electrons. The lowest BCUT2D eigenvalue weighted by Gasteiger charge is -2.20. The molecule has 0 bridgehead atoms. The Morgan fingerprint density at radius 1 is 1.24 bits per heavy atom. The van der Waals surface area contributed by atoms with Crippen LogP contribution in [-0.2, 0) is 0 Å². The van der Waals surface area contributed by atoms with Gasteiger partial charge in [-0.1, -0.05) is 52.0 Å². The van der Waals surface area contributed by atoms with Crippen LogP contribution in [0.5, 0.6) is 0 Å². The SMILES string of the molecule is C/C=C\C(C)(/C=C\CC(CC(C)C)SC)CC. The fraction of sp³-hybridized carbons (Fsp3) is 0.750. The topological polar surface area (TPSA) is 0 Å². The molecule has 0 aromatic rings. The predicted octanol–water partition coefficient (Wildman–Crippen LogP) is 5.70. The number of hydrogen-bond acceptors (Lipinski definition) is 1.